The molecule has 0 fully saturated rings. The SMILES string of the molecule is CCOCCOc1cccc(NC(=O)CN(CC)c2ccccc2)c1. The second-order valence-electron chi connectivity index (χ2n) is 5.47. The number of hydrogen-bond donors (Lipinski definition) is 1. The lowest BCUT2D eigenvalue weighted by Gasteiger charge is -2.22. The first-order chi connectivity index (χ1) is 12.2. The number of carbonyl (C=O) groups excluding carboxylic acids is 1. The average Bonchev–Trinajstić information content (AvgIpc) is 2.64. The van der Waals surface area contributed by atoms with E-state index in [-0.39, 0.29) is 5.91 Å². The summed E-state index contributed by atoms with van der Waals surface area (Å²) < 4.78 is 10.9. The number of likely N-dealkylation sites (N-methyl/N-ethyl adjacent to an activating group) is 1. The second-order valence-corrected chi connectivity index (χ2v) is 5.47. The normalized spacial score (nSPS) is 10.3. The van der Waals surface area contributed by atoms with Crippen molar-refractivity contribution in [3.05, 3.63) is 54.6 Å². The van der Waals surface area contributed by atoms with Crippen LogP contribution in [0.5, 0.6) is 5.75 Å². The lowest BCUT2D eigenvalue weighted by Crippen LogP contribution is -2.33. The van der Waals surface area contributed by atoms with Gasteiger partial charge in [-0.3, -0.25) is 4.79 Å². The van der Waals surface area contributed by atoms with Gasteiger partial charge in [0.2, 0.25) is 5.91 Å². The largest absolute Gasteiger partial charge is 0.491 e. The topological polar surface area (TPSA) is 50.8 Å². The Hall–Kier alpha value is -2.53. The van der Waals surface area contributed by atoms with Gasteiger partial charge in [0.15, 0.2) is 0 Å². The molecule has 0 atom stereocenters. The van der Waals surface area contributed by atoms with E-state index in [2.05, 4.69) is 5.32 Å². The summed E-state index contributed by atoms with van der Waals surface area (Å²) >= 11 is 0. The van der Waals surface area contributed by atoms with Gasteiger partial charge in [0.05, 0.1) is 13.2 Å². The molecule has 134 valence electrons. The van der Waals surface area contributed by atoms with Gasteiger partial charge in [0.25, 0.3) is 0 Å². The second kappa shape index (κ2) is 10.4. The van der Waals surface area contributed by atoms with Crippen LogP contribution in [0.1, 0.15) is 13.8 Å². The lowest BCUT2D eigenvalue weighted by atomic mass is 10.2. The molecule has 0 unspecified atom stereocenters. The van der Waals surface area contributed by atoms with Crippen molar-refractivity contribution in [1.82, 2.24) is 0 Å². The summed E-state index contributed by atoms with van der Waals surface area (Å²) in [4.78, 5) is 14.4. The van der Waals surface area contributed by atoms with Gasteiger partial charge in [-0.15, -0.1) is 0 Å². The monoisotopic (exact) mass is 342 g/mol. The van der Waals surface area contributed by atoms with Gasteiger partial charge in [0, 0.05) is 30.6 Å². The lowest BCUT2D eigenvalue weighted by molar-refractivity contribution is -0.115. The molecule has 0 saturated carbocycles. The molecule has 0 aromatic heterocycles. The van der Waals surface area contributed by atoms with Crippen molar-refractivity contribution >= 4 is 17.3 Å². The van der Waals surface area contributed by atoms with Crippen LogP contribution in [0.3, 0.4) is 0 Å². The number of rotatable bonds is 10. The number of para-hydroxylation sites is 1. The highest BCUT2D eigenvalue weighted by molar-refractivity contribution is 5.94. The summed E-state index contributed by atoms with van der Waals surface area (Å²) in [5.41, 5.74) is 1.76. The molecule has 0 spiro atoms. The van der Waals surface area contributed by atoms with Crippen molar-refractivity contribution in [1.29, 1.82) is 0 Å². The van der Waals surface area contributed by atoms with Gasteiger partial charge in [0.1, 0.15) is 12.4 Å². The fourth-order valence-electron chi connectivity index (χ4n) is 2.42. The summed E-state index contributed by atoms with van der Waals surface area (Å²) in [6, 6.07) is 17.3. The molecule has 1 amide bonds. The first kappa shape index (κ1) is 18.8. The van der Waals surface area contributed by atoms with Gasteiger partial charge >= 0.3 is 0 Å². The number of amides is 1. The Morgan fingerprint density at radius 2 is 1.84 bits per heavy atom. The van der Waals surface area contributed by atoms with Gasteiger partial charge in [-0.1, -0.05) is 24.3 Å². The maximum atomic E-state index is 12.4. The molecular formula is C20H26N2O3. The van der Waals surface area contributed by atoms with Crippen molar-refractivity contribution in [3.8, 4) is 5.75 Å². The van der Waals surface area contributed by atoms with E-state index in [1.165, 1.54) is 0 Å². The standard InChI is InChI=1S/C20H26N2O3/c1-3-22(18-10-6-5-7-11-18)16-20(23)21-17-9-8-12-19(15-17)25-14-13-24-4-2/h5-12,15H,3-4,13-14,16H2,1-2H3,(H,21,23). The third-order valence-electron chi connectivity index (χ3n) is 3.66. The molecular weight excluding hydrogens is 316 g/mol. The molecule has 5 nitrogen and oxygen atoms in total. The van der Waals surface area contributed by atoms with Crippen LogP contribution >= 0.6 is 0 Å². The van der Waals surface area contributed by atoms with Gasteiger partial charge in [-0.25, -0.2) is 0 Å². The van der Waals surface area contributed by atoms with Crippen LogP contribution in [0.2, 0.25) is 0 Å². The molecule has 0 radical (unpaired) electrons. The van der Waals surface area contributed by atoms with Crippen molar-refractivity contribution in [2.45, 2.75) is 13.8 Å². The number of ether oxygens (including phenoxy) is 2. The van der Waals surface area contributed by atoms with Crippen LogP contribution < -0.4 is 15.0 Å². The summed E-state index contributed by atoms with van der Waals surface area (Å²) in [6.07, 6.45) is 0. The molecule has 0 heterocycles. The Balaban J connectivity index is 1.89. The van der Waals surface area contributed by atoms with E-state index in [1.807, 2.05) is 73.3 Å². The van der Waals surface area contributed by atoms with Crippen LogP contribution in [-0.2, 0) is 9.53 Å². The number of hydrogen-bond acceptors (Lipinski definition) is 4. The van der Waals surface area contributed by atoms with Crippen molar-refractivity contribution in [3.63, 3.8) is 0 Å². The smallest absolute Gasteiger partial charge is 0.243 e. The zero-order valence-electron chi connectivity index (χ0n) is 14.9. The molecule has 0 aliphatic carbocycles. The zero-order chi connectivity index (χ0) is 17.9. The Morgan fingerprint density at radius 1 is 1.04 bits per heavy atom. The van der Waals surface area contributed by atoms with Crippen LogP contribution in [-0.4, -0.2) is 38.8 Å². The summed E-state index contributed by atoms with van der Waals surface area (Å²) in [7, 11) is 0. The van der Waals surface area contributed by atoms with E-state index < -0.39 is 0 Å². The first-order valence-electron chi connectivity index (χ1n) is 8.63. The maximum absolute atomic E-state index is 12.4. The summed E-state index contributed by atoms with van der Waals surface area (Å²) in [5.74, 6) is 0.657. The highest BCUT2D eigenvalue weighted by atomic mass is 16.5. The first-order valence-corrected chi connectivity index (χ1v) is 8.63. The Labute approximate surface area is 149 Å². The van der Waals surface area contributed by atoms with Gasteiger partial charge < -0.3 is 19.7 Å². The fourth-order valence-corrected chi connectivity index (χ4v) is 2.42. The fraction of sp³-hybridized carbons (Fsp3) is 0.350. The molecule has 5 heteroatoms. The van der Waals surface area contributed by atoms with Gasteiger partial charge in [-0.2, -0.15) is 0 Å². The van der Waals surface area contributed by atoms with Crippen molar-refractivity contribution in [2.24, 2.45) is 0 Å². The Morgan fingerprint density at radius 3 is 2.56 bits per heavy atom. The maximum Gasteiger partial charge on any atom is 0.243 e. The van der Waals surface area contributed by atoms with Gasteiger partial charge in [-0.05, 0) is 38.1 Å². The van der Waals surface area contributed by atoms with E-state index in [9.17, 15) is 4.79 Å². The number of benzene rings is 2. The van der Waals surface area contributed by atoms with E-state index in [4.69, 9.17) is 9.47 Å². The van der Waals surface area contributed by atoms with Crippen LogP contribution in [0.4, 0.5) is 11.4 Å². The third-order valence-corrected chi connectivity index (χ3v) is 3.66. The minimum Gasteiger partial charge on any atom is -0.491 e. The van der Waals surface area contributed by atoms with E-state index in [1.54, 1.807) is 0 Å². The predicted molar refractivity (Wildman–Crippen MR) is 101 cm³/mol. The zero-order valence-corrected chi connectivity index (χ0v) is 14.9. The van der Waals surface area contributed by atoms with Crippen LogP contribution in [0.25, 0.3) is 0 Å². The average molecular weight is 342 g/mol. The quantitative estimate of drug-likeness (QED) is 0.671. The number of anilines is 2. The van der Waals surface area contributed by atoms with E-state index in [0.717, 1.165) is 17.9 Å². The minimum absolute atomic E-state index is 0.0582. The number of carbonyl (C=O) groups is 1. The number of nitrogens with zero attached hydrogens (tertiary/aromatic N) is 1. The predicted octanol–water partition coefficient (Wildman–Crippen LogP) is 3.57. The van der Waals surface area contributed by atoms with Crippen molar-refractivity contribution in [2.75, 3.05) is 43.1 Å². The highest BCUT2D eigenvalue weighted by Gasteiger charge is 2.10. The Kier molecular flexibility index (Phi) is 7.79. The summed E-state index contributed by atoms with van der Waals surface area (Å²) in [5, 5.41) is 2.93. The van der Waals surface area contributed by atoms with Crippen molar-refractivity contribution < 1.29 is 14.3 Å². The molecule has 2 aromatic carbocycles. The molecule has 2 rings (SSSR count). The molecule has 0 aliphatic heterocycles. The molecule has 1 N–H and O–H groups in total. The van der Waals surface area contributed by atoms with E-state index in [0.29, 0.717) is 32.1 Å². The van der Waals surface area contributed by atoms with Crippen LogP contribution in [0, 0.1) is 0 Å². The molecule has 2 aromatic rings. The minimum atomic E-state index is -0.0582. The molecule has 0 saturated heterocycles. The van der Waals surface area contributed by atoms with E-state index >= 15 is 0 Å². The summed E-state index contributed by atoms with van der Waals surface area (Å²) in [6.45, 7) is 6.76. The molecule has 0 aliphatic rings. The molecule has 25 heavy (non-hydrogen) atoms. The molecule has 0 bridgehead atoms. The number of nitrogens with one attached hydrogen (secondary N) is 1. The van der Waals surface area contributed by atoms with Crippen LogP contribution in [0.15, 0.2) is 54.6 Å². The highest BCUT2D eigenvalue weighted by Crippen LogP contribution is 2.18. The third kappa shape index (κ3) is 6.47. The Bertz CT molecular complexity index is 646.